The fourth-order valence-corrected chi connectivity index (χ4v) is 5.24. The first-order valence-electron chi connectivity index (χ1n) is 11.0. The third-order valence-electron chi connectivity index (χ3n) is 5.54. The van der Waals surface area contributed by atoms with E-state index in [-0.39, 0.29) is 42.1 Å². The van der Waals surface area contributed by atoms with Gasteiger partial charge < -0.3 is 10.6 Å². The molecular formula is C22H31N5O4S. The van der Waals surface area contributed by atoms with E-state index in [1.165, 1.54) is 4.31 Å². The molecule has 2 N–H and O–H groups in total. The third-order valence-corrected chi connectivity index (χ3v) is 7.45. The summed E-state index contributed by atoms with van der Waals surface area (Å²) in [6.07, 6.45) is 6.09. The molecule has 2 aromatic rings. The van der Waals surface area contributed by atoms with Crippen LogP contribution in [0.4, 0.5) is 0 Å². The number of carbonyl (C=O) groups is 2. The molecular weight excluding hydrogens is 430 g/mol. The zero-order valence-corrected chi connectivity index (χ0v) is 19.0. The van der Waals surface area contributed by atoms with Crippen LogP contribution < -0.4 is 10.6 Å². The molecule has 9 nitrogen and oxygen atoms in total. The summed E-state index contributed by atoms with van der Waals surface area (Å²) < 4.78 is 29.2. The number of nitrogens with zero attached hydrogens (tertiary/aromatic N) is 3. The van der Waals surface area contributed by atoms with Gasteiger partial charge in [-0.2, -0.15) is 9.40 Å². The van der Waals surface area contributed by atoms with Crippen LogP contribution in [0.5, 0.6) is 0 Å². The predicted octanol–water partition coefficient (Wildman–Crippen LogP) is 1.39. The molecule has 1 fully saturated rings. The van der Waals surface area contributed by atoms with E-state index in [2.05, 4.69) is 15.7 Å². The lowest BCUT2D eigenvalue weighted by atomic mass is 9.98. The zero-order valence-electron chi connectivity index (χ0n) is 18.2. The summed E-state index contributed by atoms with van der Waals surface area (Å²) in [5.41, 5.74) is 0. The van der Waals surface area contributed by atoms with Crippen molar-refractivity contribution in [2.24, 2.45) is 5.92 Å². The second-order valence-corrected chi connectivity index (χ2v) is 9.80. The molecule has 2 heterocycles. The van der Waals surface area contributed by atoms with Gasteiger partial charge in [-0.3, -0.25) is 14.3 Å². The van der Waals surface area contributed by atoms with Gasteiger partial charge in [0.2, 0.25) is 21.8 Å². The number of amides is 2. The Kier molecular flexibility index (Phi) is 8.81. The summed E-state index contributed by atoms with van der Waals surface area (Å²) in [7, 11) is -3.70. The normalized spacial score (nSPS) is 19.0. The zero-order chi connectivity index (χ0) is 22.8. The van der Waals surface area contributed by atoms with Crippen molar-refractivity contribution in [3.05, 3.63) is 48.8 Å². The van der Waals surface area contributed by atoms with Gasteiger partial charge >= 0.3 is 0 Å². The third kappa shape index (κ3) is 6.89. The molecule has 174 valence electrons. The van der Waals surface area contributed by atoms with Crippen molar-refractivity contribution in [3.8, 4) is 0 Å². The predicted molar refractivity (Wildman–Crippen MR) is 120 cm³/mol. The molecule has 32 heavy (non-hydrogen) atoms. The number of rotatable bonds is 7. The minimum Gasteiger partial charge on any atom is -0.356 e. The van der Waals surface area contributed by atoms with Gasteiger partial charge in [0.25, 0.3) is 0 Å². The molecule has 1 aromatic heterocycles. The van der Waals surface area contributed by atoms with E-state index in [9.17, 15) is 18.0 Å². The molecule has 0 saturated carbocycles. The lowest BCUT2D eigenvalue weighted by molar-refractivity contribution is -0.126. The van der Waals surface area contributed by atoms with Crippen LogP contribution in [-0.4, -0.2) is 60.5 Å². The van der Waals surface area contributed by atoms with Gasteiger partial charge in [0.1, 0.15) is 0 Å². The second kappa shape index (κ2) is 11.8. The van der Waals surface area contributed by atoms with Crippen molar-refractivity contribution < 1.29 is 18.0 Å². The molecule has 1 aliphatic rings. The first-order chi connectivity index (χ1) is 15.5. The van der Waals surface area contributed by atoms with Gasteiger partial charge in [-0.1, -0.05) is 18.2 Å². The Morgan fingerprint density at radius 1 is 1.16 bits per heavy atom. The fourth-order valence-electron chi connectivity index (χ4n) is 3.74. The number of benzene rings is 1. The summed E-state index contributed by atoms with van der Waals surface area (Å²) in [5.74, 6) is -0.547. The molecule has 0 radical (unpaired) electrons. The minimum absolute atomic E-state index is 0.0589. The number of hydrogen-bond acceptors (Lipinski definition) is 5. The molecule has 1 saturated heterocycles. The maximum absolute atomic E-state index is 13.0. The largest absolute Gasteiger partial charge is 0.356 e. The first-order valence-corrected chi connectivity index (χ1v) is 12.5. The number of carbonyl (C=O) groups excluding carboxylic acids is 2. The van der Waals surface area contributed by atoms with Crippen molar-refractivity contribution in [2.75, 3.05) is 26.2 Å². The molecule has 0 spiro atoms. The second-order valence-electron chi connectivity index (χ2n) is 7.86. The van der Waals surface area contributed by atoms with Gasteiger partial charge in [-0.15, -0.1) is 0 Å². The number of aryl methyl sites for hydroxylation is 1. The topological polar surface area (TPSA) is 113 Å². The number of hydrogen-bond donors (Lipinski definition) is 2. The first kappa shape index (κ1) is 23.9. The molecule has 1 aliphatic heterocycles. The van der Waals surface area contributed by atoms with E-state index >= 15 is 0 Å². The highest BCUT2D eigenvalue weighted by Crippen LogP contribution is 2.19. The summed E-state index contributed by atoms with van der Waals surface area (Å²) >= 11 is 0. The quantitative estimate of drug-likeness (QED) is 0.605. The van der Waals surface area contributed by atoms with E-state index in [0.29, 0.717) is 32.4 Å². The van der Waals surface area contributed by atoms with Crippen LogP contribution in [0, 0.1) is 5.92 Å². The molecule has 10 heteroatoms. The van der Waals surface area contributed by atoms with Crippen LogP contribution >= 0.6 is 0 Å². The Bertz CT molecular complexity index is 963. The standard InChI is InChI=1S/C22H31N5O4S/c28-21-11-18-27(32(30,31)20-8-2-1-3-9-20)17-4-7-19(10-14-23-21)22(29)24-12-5-15-26-16-6-13-25-26/h1-3,6,8-9,13,16,19H,4-5,7,10-12,14-15,17-18H2,(H,23,28)(H,24,29). The highest BCUT2D eigenvalue weighted by Gasteiger charge is 2.26. The van der Waals surface area contributed by atoms with Crippen molar-refractivity contribution in [2.45, 2.75) is 43.5 Å². The van der Waals surface area contributed by atoms with Gasteiger partial charge in [0, 0.05) is 57.5 Å². The van der Waals surface area contributed by atoms with E-state index in [0.717, 1.165) is 13.0 Å². The molecule has 1 atom stereocenters. The lowest BCUT2D eigenvalue weighted by Gasteiger charge is -2.22. The minimum atomic E-state index is -3.70. The van der Waals surface area contributed by atoms with E-state index < -0.39 is 10.0 Å². The monoisotopic (exact) mass is 461 g/mol. The van der Waals surface area contributed by atoms with E-state index in [1.807, 2.05) is 16.9 Å². The summed E-state index contributed by atoms with van der Waals surface area (Å²) in [4.78, 5) is 25.1. The van der Waals surface area contributed by atoms with Crippen LogP contribution in [0.3, 0.4) is 0 Å². The smallest absolute Gasteiger partial charge is 0.243 e. The summed E-state index contributed by atoms with van der Waals surface area (Å²) in [6, 6.07) is 10.1. The van der Waals surface area contributed by atoms with E-state index in [4.69, 9.17) is 0 Å². The summed E-state index contributed by atoms with van der Waals surface area (Å²) in [5, 5.41) is 9.92. The van der Waals surface area contributed by atoms with Crippen LogP contribution in [0.15, 0.2) is 53.7 Å². The van der Waals surface area contributed by atoms with Crippen LogP contribution in [-0.2, 0) is 26.2 Å². The van der Waals surface area contributed by atoms with E-state index in [1.54, 1.807) is 36.5 Å². The van der Waals surface area contributed by atoms with Gasteiger partial charge in [0.15, 0.2) is 0 Å². The number of sulfonamides is 1. The van der Waals surface area contributed by atoms with Crippen LogP contribution in [0.2, 0.25) is 0 Å². The molecule has 1 aromatic carbocycles. The molecule has 1 unspecified atom stereocenters. The molecule has 2 amide bonds. The van der Waals surface area contributed by atoms with Crippen LogP contribution in [0.25, 0.3) is 0 Å². The van der Waals surface area contributed by atoms with Crippen molar-refractivity contribution in [1.82, 2.24) is 24.7 Å². The Morgan fingerprint density at radius 2 is 1.97 bits per heavy atom. The van der Waals surface area contributed by atoms with Gasteiger partial charge in [-0.25, -0.2) is 8.42 Å². The Balaban J connectivity index is 1.57. The molecule has 3 rings (SSSR count). The fraction of sp³-hybridized carbons (Fsp3) is 0.500. The maximum atomic E-state index is 13.0. The number of aromatic nitrogens is 2. The average Bonchev–Trinajstić information content (AvgIpc) is 3.30. The van der Waals surface area contributed by atoms with Gasteiger partial charge in [-0.05, 0) is 43.9 Å². The maximum Gasteiger partial charge on any atom is 0.243 e. The summed E-state index contributed by atoms with van der Waals surface area (Å²) in [6.45, 7) is 2.05. The lowest BCUT2D eigenvalue weighted by Crippen LogP contribution is -2.35. The Labute approximate surface area is 189 Å². The highest BCUT2D eigenvalue weighted by atomic mass is 32.2. The molecule has 0 bridgehead atoms. The van der Waals surface area contributed by atoms with Crippen molar-refractivity contribution in [3.63, 3.8) is 0 Å². The highest BCUT2D eigenvalue weighted by molar-refractivity contribution is 7.89. The Hall–Kier alpha value is -2.72. The molecule has 0 aliphatic carbocycles. The van der Waals surface area contributed by atoms with Gasteiger partial charge in [0.05, 0.1) is 4.90 Å². The van der Waals surface area contributed by atoms with Crippen molar-refractivity contribution >= 4 is 21.8 Å². The Morgan fingerprint density at radius 3 is 2.72 bits per heavy atom. The van der Waals surface area contributed by atoms with Crippen molar-refractivity contribution in [1.29, 1.82) is 0 Å². The SMILES string of the molecule is O=C1CCN(S(=O)(=O)c2ccccc2)CCCC(C(=O)NCCCn2cccn2)CCN1. The number of nitrogens with one attached hydrogen (secondary N) is 2. The van der Waals surface area contributed by atoms with Crippen LogP contribution in [0.1, 0.15) is 32.1 Å². The average molecular weight is 462 g/mol.